The average molecular weight is 541 g/mol. The lowest BCUT2D eigenvalue weighted by Crippen LogP contribution is -2.33. The standard InChI is InChI=1S/C31H36N6O3/c1-4-19-16-35(17-24(19)32)31(38)21-10-25-28(27(12-21)40-3)37(22-13-23(14-22)39-2)30(34-25)26-11-20-6-5-9-33-29(20)36(26)15-18-7-8-18/h5-6,9-12,17-19,22-23H,4,7-8,13-16,32H2,1-3H3. The highest BCUT2D eigenvalue weighted by molar-refractivity contribution is 6.01. The Labute approximate surface area is 233 Å². The summed E-state index contributed by atoms with van der Waals surface area (Å²) in [6, 6.07) is 10.3. The van der Waals surface area contributed by atoms with Gasteiger partial charge in [0.05, 0.1) is 24.4 Å². The van der Waals surface area contributed by atoms with Gasteiger partial charge in [-0.3, -0.25) is 4.79 Å². The molecular weight excluding hydrogens is 504 g/mol. The molecule has 7 rings (SSSR count). The maximum atomic E-state index is 13.6. The van der Waals surface area contributed by atoms with Crippen molar-refractivity contribution < 1.29 is 14.3 Å². The van der Waals surface area contributed by atoms with Crippen molar-refractivity contribution in [3.05, 3.63) is 54.0 Å². The summed E-state index contributed by atoms with van der Waals surface area (Å²) in [4.78, 5) is 25.3. The lowest BCUT2D eigenvalue weighted by atomic mass is 9.88. The van der Waals surface area contributed by atoms with Crippen LogP contribution in [-0.2, 0) is 11.3 Å². The molecule has 3 aliphatic rings. The minimum atomic E-state index is -0.0923. The number of rotatable bonds is 8. The van der Waals surface area contributed by atoms with Crippen LogP contribution < -0.4 is 10.5 Å². The molecule has 2 N–H and O–H groups in total. The SMILES string of the molecule is CCC1CN(C(=O)c2cc(OC)c3c(c2)nc(-c2cc4cccnc4n2CC2CC2)n3C2CC(OC)C2)C=C1N. The number of ether oxygens (including phenoxy) is 2. The molecule has 208 valence electrons. The quantitative estimate of drug-likeness (QED) is 0.334. The number of amides is 1. The van der Waals surface area contributed by atoms with E-state index in [9.17, 15) is 4.79 Å². The van der Waals surface area contributed by atoms with Gasteiger partial charge >= 0.3 is 0 Å². The van der Waals surface area contributed by atoms with E-state index in [2.05, 4.69) is 28.2 Å². The van der Waals surface area contributed by atoms with E-state index >= 15 is 0 Å². The second-order valence-electron chi connectivity index (χ2n) is 11.5. The zero-order valence-electron chi connectivity index (χ0n) is 23.3. The molecule has 1 atom stereocenters. The van der Waals surface area contributed by atoms with E-state index in [0.29, 0.717) is 23.8 Å². The summed E-state index contributed by atoms with van der Waals surface area (Å²) in [6.07, 6.45) is 9.04. The van der Waals surface area contributed by atoms with Gasteiger partial charge in [0.2, 0.25) is 0 Å². The van der Waals surface area contributed by atoms with E-state index in [0.717, 1.165) is 65.1 Å². The maximum Gasteiger partial charge on any atom is 0.258 e. The molecule has 9 nitrogen and oxygen atoms in total. The molecule has 0 saturated heterocycles. The molecule has 1 aromatic carbocycles. The second-order valence-corrected chi connectivity index (χ2v) is 11.5. The number of benzene rings is 1. The van der Waals surface area contributed by atoms with Crippen LogP contribution in [0.25, 0.3) is 33.6 Å². The van der Waals surface area contributed by atoms with Gasteiger partial charge in [-0.1, -0.05) is 6.92 Å². The third-order valence-corrected chi connectivity index (χ3v) is 8.95. The van der Waals surface area contributed by atoms with E-state index in [-0.39, 0.29) is 24.0 Å². The van der Waals surface area contributed by atoms with E-state index < -0.39 is 0 Å². The molecule has 4 heterocycles. The van der Waals surface area contributed by atoms with Gasteiger partial charge in [-0.2, -0.15) is 0 Å². The summed E-state index contributed by atoms with van der Waals surface area (Å²) in [5.74, 6) is 2.29. The lowest BCUT2D eigenvalue weighted by Gasteiger charge is -2.36. The van der Waals surface area contributed by atoms with Crippen molar-refractivity contribution >= 4 is 28.0 Å². The van der Waals surface area contributed by atoms with Crippen LogP contribution in [0.3, 0.4) is 0 Å². The predicted molar refractivity (Wildman–Crippen MR) is 154 cm³/mol. The third kappa shape index (κ3) is 4.06. The van der Waals surface area contributed by atoms with Crippen LogP contribution in [0.4, 0.5) is 0 Å². The van der Waals surface area contributed by atoms with Crippen LogP contribution in [0.15, 0.2) is 48.4 Å². The van der Waals surface area contributed by atoms with Gasteiger partial charge in [0.1, 0.15) is 16.9 Å². The van der Waals surface area contributed by atoms with Crippen LogP contribution in [-0.4, -0.2) is 56.8 Å². The van der Waals surface area contributed by atoms with Gasteiger partial charge in [0, 0.05) is 61.2 Å². The summed E-state index contributed by atoms with van der Waals surface area (Å²) in [5, 5.41) is 1.10. The third-order valence-electron chi connectivity index (χ3n) is 8.95. The van der Waals surface area contributed by atoms with Crippen molar-refractivity contribution in [2.45, 2.75) is 57.7 Å². The van der Waals surface area contributed by atoms with Crippen molar-refractivity contribution in [1.29, 1.82) is 0 Å². The summed E-state index contributed by atoms with van der Waals surface area (Å²) in [7, 11) is 3.43. The van der Waals surface area contributed by atoms with E-state index in [1.165, 1.54) is 12.8 Å². The van der Waals surface area contributed by atoms with Crippen molar-refractivity contribution in [3.8, 4) is 17.3 Å². The van der Waals surface area contributed by atoms with Crippen molar-refractivity contribution in [3.63, 3.8) is 0 Å². The Bertz CT molecular complexity index is 1640. The molecule has 0 bridgehead atoms. The van der Waals surface area contributed by atoms with Crippen LogP contribution in [0.1, 0.15) is 55.4 Å². The molecule has 40 heavy (non-hydrogen) atoms. The number of nitrogens with two attached hydrogens (primary N) is 1. The molecular formula is C31H36N6O3. The van der Waals surface area contributed by atoms with Crippen LogP contribution in [0.2, 0.25) is 0 Å². The zero-order chi connectivity index (χ0) is 27.5. The van der Waals surface area contributed by atoms with Crippen molar-refractivity contribution in [1.82, 2.24) is 24.0 Å². The summed E-state index contributed by atoms with van der Waals surface area (Å²) >= 11 is 0. The molecule has 3 aromatic heterocycles. The lowest BCUT2D eigenvalue weighted by molar-refractivity contribution is 0.00771. The first-order chi connectivity index (χ1) is 19.5. The summed E-state index contributed by atoms with van der Waals surface area (Å²) in [6.45, 7) is 3.61. The van der Waals surface area contributed by atoms with Gasteiger partial charge in [-0.05, 0) is 68.4 Å². The zero-order valence-corrected chi connectivity index (χ0v) is 23.3. The minimum absolute atomic E-state index is 0.0923. The number of methoxy groups -OCH3 is 2. The van der Waals surface area contributed by atoms with Crippen LogP contribution in [0, 0.1) is 11.8 Å². The fourth-order valence-electron chi connectivity index (χ4n) is 6.32. The smallest absolute Gasteiger partial charge is 0.258 e. The Morgan fingerprint density at radius 1 is 1.18 bits per heavy atom. The number of pyridine rings is 1. The normalized spacial score (nSPS) is 22.6. The highest BCUT2D eigenvalue weighted by Crippen LogP contribution is 2.44. The molecule has 0 spiro atoms. The Morgan fingerprint density at radius 2 is 2.00 bits per heavy atom. The van der Waals surface area contributed by atoms with Crippen molar-refractivity contribution in [2.24, 2.45) is 17.6 Å². The molecule has 1 unspecified atom stereocenters. The highest BCUT2D eigenvalue weighted by atomic mass is 16.5. The van der Waals surface area contributed by atoms with E-state index in [1.54, 1.807) is 25.3 Å². The number of nitrogens with zero attached hydrogens (tertiary/aromatic N) is 5. The predicted octanol–water partition coefficient (Wildman–Crippen LogP) is 5.10. The topological polar surface area (TPSA) is 100 Å². The van der Waals surface area contributed by atoms with Gasteiger partial charge in [-0.25, -0.2) is 9.97 Å². The number of hydrogen-bond donors (Lipinski definition) is 1. The monoisotopic (exact) mass is 540 g/mol. The Balaban J connectivity index is 1.39. The largest absolute Gasteiger partial charge is 0.494 e. The summed E-state index contributed by atoms with van der Waals surface area (Å²) < 4.78 is 16.2. The summed E-state index contributed by atoms with van der Waals surface area (Å²) in [5.41, 5.74) is 11.2. The molecule has 4 aromatic rings. The molecule has 2 aliphatic carbocycles. The molecule has 2 saturated carbocycles. The molecule has 2 fully saturated rings. The van der Waals surface area contributed by atoms with E-state index in [4.69, 9.17) is 25.2 Å². The van der Waals surface area contributed by atoms with Crippen LogP contribution >= 0.6 is 0 Å². The number of carbonyl (C=O) groups is 1. The van der Waals surface area contributed by atoms with Gasteiger partial charge in [-0.15, -0.1) is 0 Å². The van der Waals surface area contributed by atoms with Gasteiger partial charge < -0.3 is 29.2 Å². The molecule has 1 amide bonds. The number of hydrogen-bond acceptors (Lipinski definition) is 6. The first-order valence-electron chi connectivity index (χ1n) is 14.3. The molecule has 1 aliphatic heterocycles. The van der Waals surface area contributed by atoms with Crippen molar-refractivity contribution in [2.75, 3.05) is 20.8 Å². The van der Waals surface area contributed by atoms with Crippen LogP contribution in [0.5, 0.6) is 5.75 Å². The van der Waals surface area contributed by atoms with Gasteiger partial charge in [0.15, 0.2) is 5.82 Å². The molecule has 9 heteroatoms. The number of aromatic nitrogens is 4. The number of fused-ring (bicyclic) bond motifs is 2. The second kappa shape index (κ2) is 9.66. The molecule has 0 radical (unpaired) electrons. The first kappa shape index (κ1) is 25.1. The number of carbonyl (C=O) groups excluding carboxylic acids is 1. The minimum Gasteiger partial charge on any atom is -0.494 e. The van der Waals surface area contributed by atoms with Gasteiger partial charge in [0.25, 0.3) is 5.91 Å². The fourth-order valence-corrected chi connectivity index (χ4v) is 6.32. The Hall–Kier alpha value is -3.85. The fraction of sp³-hybridized carbons (Fsp3) is 0.452. The average Bonchev–Trinajstić information content (AvgIpc) is 3.41. The maximum absolute atomic E-state index is 13.6. The Morgan fingerprint density at radius 3 is 2.70 bits per heavy atom. The first-order valence-corrected chi connectivity index (χ1v) is 14.3. The van der Waals surface area contributed by atoms with E-state index in [1.807, 2.05) is 24.4 Å². The Kier molecular flexibility index (Phi) is 6.07. The number of imidazole rings is 1. The highest BCUT2D eigenvalue weighted by Gasteiger charge is 2.36.